The summed E-state index contributed by atoms with van der Waals surface area (Å²) in [6, 6.07) is 23.2. The fraction of sp³-hybridized carbons (Fsp3) is 0. The molecule has 5 nitrogen and oxygen atoms in total. The fourth-order valence-corrected chi connectivity index (χ4v) is 5.33. The van der Waals surface area contributed by atoms with Crippen LogP contribution >= 0.6 is 0 Å². The minimum Gasteiger partial charge on any atom is -0.289 e. The van der Waals surface area contributed by atoms with E-state index in [-0.39, 0.29) is 33.3 Å². The van der Waals surface area contributed by atoms with Crippen molar-refractivity contribution in [1.82, 2.24) is 3.97 Å². The highest BCUT2D eigenvalue weighted by atomic mass is 32.2. The van der Waals surface area contributed by atoms with Crippen LogP contribution in [-0.2, 0) is 10.0 Å². The number of allylic oxidation sites excluding steroid dienone is 2. The SMILES string of the molecule is O=C1C=C(c2cc3ccccc3n2S(=O)(=O)c2ccccc2)C(=O)c2ccccc21. The lowest BCUT2D eigenvalue weighted by molar-refractivity contribution is 0.100. The highest BCUT2D eigenvalue weighted by molar-refractivity contribution is 7.90. The number of para-hydroxylation sites is 1. The Balaban J connectivity index is 1.81. The van der Waals surface area contributed by atoms with Crippen molar-refractivity contribution < 1.29 is 18.0 Å². The van der Waals surface area contributed by atoms with Crippen LogP contribution in [0.2, 0.25) is 0 Å². The first kappa shape index (κ1) is 18.3. The maximum Gasteiger partial charge on any atom is 0.268 e. The van der Waals surface area contributed by atoms with E-state index < -0.39 is 10.0 Å². The van der Waals surface area contributed by atoms with Crippen LogP contribution in [0.4, 0.5) is 0 Å². The number of nitrogens with zero attached hydrogens (tertiary/aromatic N) is 1. The molecule has 3 aromatic carbocycles. The molecule has 0 aliphatic heterocycles. The van der Waals surface area contributed by atoms with Gasteiger partial charge in [0.1, 0.15) is 0 Å². The Kier molecular flexibility index (Phi) is 4.04. The summed E-state index contributed by atoms with van der Waals surface area (Å²) in [5, 5.41) is 0.659. The summed E-state index contributed by atoms with van der Waals surface area (Å²) < 4.78 is 28.2. The van der Waals surface area contributed by atoms with E-state index in [0.717, 1.165) is 3.97 Å². The molecule has 4 aromatic rings. The van der Waals surface area contributed by atoms with Gasteiger partial charge in [-0.1, -0.05) is 60.7 Å². The van der Waals surface area contributed by atoms with E-state index in [1.54, 1.807) is 72.8 Å². The topological polar surface area (TPSA) is 73.2 Å². The van der Waals surface area contributed by atoms with Crippen LogP contribution in [0, 0.1) is 0 Å². The van der Waals surface area contributed by atoms with E-state index in [0.29, 0.717) is 16.5 Å². The Labute approximate surface area is 172 Å². The Morgan fingerprint density at radius 3 is 2.10 bits per heavy atom. The zero-order chi connectivity index (χ0) is 20.9. The molecular formula is C24H15NO4S. The van der Waals surface area contributed by atoms with Crippen LogP contribution in [0.3, 0.4) is 0 Å². The third-order valence-electron chi connectivity index (χ3n) is 5.18. The molecule has 1 heterocycles. The Hall–Kier alpha value is -3.77. The molecule has 0 fully saturated rings. The van der Waals surface area contributed by atoms with Crippen molar-refractivity contribution in [3.63, 3.8) is 0 Å². The first-order valence-electron chi connectivity index (χ1n) is 9.30. The van der Waals surface area contributed by atoms with Crippen LogP contribution in [-0.4, -0.2) is 24.0 Å². The van der Waals surface area contributed by atoms with E-state index in [9.17, 15) is 18.0 Å². The molecule has 1 aromatic heterocycles. The Bertz CT molecular complexity index is 1480. The van der Waals surface area contributed by atoms with Crippen LogP contribution < -0.4 is 0 Å². The predicted octanol–water partition coefficient (Wildman–Crippen LogP) is 4.34. The standard InChI is InChI=1S/C24H15NO4S/c26-23-15-20(24(27)19-12-6-5-11-18(19)23)22-14-16-8-4-7-13-21(16)25(22)30(28,29)17-9-2-1-3-10-17/h1-15H. The molecule has 0 spiro atoms. The average Bonchev–Trinajstić information content (AvgIpc) is 3.17. The van der Waals surface area contributed by atoms with Gasteiger partial charge in [0.05, 0.1) is 21.7 Å². The summed E-state index contributed by atoms with van der Waals surface area (Å²) in [5.41, 5.74) is 1.27. The van der Waals surface area contributed by atoms with Crippen molar-refractivity contribution in [1.29, 1.82) is 0 Å². The number of hydrogen-bond acceptors (Lipinski definition) is 4. The summed E-state index contributed by atoms with van der Waals surface area (Å²) in [5.74, 6) is -0.702. The number of Topliss-reactive ketones (excluding diaryl/α,β-unsaturated/α-hetero) is 1. The summed E-state index contributed by atoms with van der Waals surface area (Å²) in [6.45, 7) is 0. The Morgan fingerprint density at radius 1 is 0.700 bits per heavy atom. The quantitative estimate of drug-likeness (QED) is 0.501. The van der Waals surface area contributed by atoms with Gasteiger partial charge >= 0.3 is 0 Å². The lowest BCUT2D eigenvalue weighted by Gasteiger charge is -2.17. The van der Waals surface area contributed by atoms with Crippen molar-refractivity contribution in [2.75, 3.05) is 0 Å². The van der Waals surface area contributed by atoms with Crippen LogP contribution in [0.1, 0.15) is 26.4 Å². The van der Waals surface area contributed by atoms with Gasteiger partial charge in [-0.3, -0.25) is 9.59 Å². The number of rotatable bonds is 3. The first-order valence-corrected chi connectivity index (χ1v) is 10.7. The maximum atomic E-state index is 13.5. The largest absolute Gasteiger partial charge is 0.289 e. The number of carbonyl (C=O) groups excluding carboxylic acids is 2. The molecule has 0 bridgehead atoms. The lowest BCUT2D eigenvalue weighted by atomic mass is 9.88. The van der Waals surface area contributed by atoms with Crippen molar-refractivity contribution >= 4 is 38.1 Å². The average molecular weight is 413 g/mol. The molecule has 5 rings (SSSR count). The van der Waals surface area contributed by atoms with Gasteiger partial charge < -0.3 is 0 Å². The predicted molar refractivity (Wildman–Crippen MR) is 114 cm³/mol. The first-order chi connectivity index (χ1) is 14.5. The van der Waals surface area contributed by atoms with E-state index in [4.69, 9.17) is 0 Å². The Morgan fingerprint density at radius 2 is 1.33 bits per heavy atom. The molecule has 30 heavy (non-hydrogen) atoms. The van der Waals surface area contributed by atoms with E-state index >= 15 is 0 Å². The molecule has 0 unspecified atom stereocenters. The minimum atomic E-state index is -4.01. The highest BCUT2D eigenvalue weighted by Gasteiger charge is 2.31. The molecule has 0 amide bonds. The summed E-state index contributed by atoms with van der Waals surface area (Å²) in [7, 11) is -4.01. The zero-order valence-electron chi connectivity index (χ0n) is 15.6. The molecule has 1 aliphatic rings. The number of fused-ring (bicyclic) bond motifs is 2. The molecular weight excluding hydrogens is 398 g/mol. The highest BCUT2D eigenvalue weighted by Crippen LogP contribution is 2.34. The summed E-state index contributed by atoms with van der Waals surface area (Å²) >= 11 is 0. The van der Waals surface area contributed by atoms with Crippen LogP contribution in [0.15, 0.2) is 95.9 Å². The molecule has 0 radical (unpaired) electrons. The van der Waals surface area contributed by atoms with Crippen molar-refractivity contribution in [2.45, 2.75) is 4.90 Å². The van der Waals surface area contributed by atoms with Crippen LogP contribution in [0.25, 0.3) is 16.5 Å². The molecule has 1 aliphatic carbocycles. The van der Waals surface area contributed by atoms with Crippen molar-refractivity contribution in [2.24, 2.45) is 0 Å². The van der Waals surface area contributed by atoms with Gasteiger partial charge in [0.2, 0.25) is 0 Å². The van der Waals surface area contributed by atoms with Gasteiger partial charge in [-0.2, -0.15) is 0 Å². The van der Waals surface area contributed by atoms with E-state index in [1.807, 2.05) is 0 Å². The molecule has 6 heteroatoms. The molecule has 0 saturated heterocycles. The van der Waals surface area contributed by atoms with Crippen LogP contribution in [0.5, 0.6) is 0 Å². The van der Waals surface area contributed by atoms with E-state index in [2.05, 4.69) is 0 Å². The maximum absolute atomic E-state index is 13.5. The third kappa shape index (κ3) is 2.65. The van der Waals surface area contributed by atoms with Gasteiger partial charge in [-0.25, -0.2) is 12.4 Å². The monoisotopic (exact) mass is 413 g/mol. The minimum absolute atomic E-state index is 0.0643. The smallest absolute Gasteiger partial charge is 0.268 e. The number of aromatic nitrogens is 1. The molecule has 0 atom stereocenters. The second-order valence-corrected chi connectivity index (χ2v) is 8.75. The second kappa shape index (κ2) is 6.64. The van der Waals surface area contributed by atoms with Gasteiger partial charge in [-0.05, 0) is 30.3 Å². The number of hydrogen-bond donors (Lipinski definition) is 0. The van der Waals surface area contributed by atoms with Gasteiger partial charge in [0.15, 0.2) is 11.6 Å². The fourth-order valence-electron chi connectivity index (χ4n) is 3.78. The molecule has 0 saturated carbocycles. The van der Waals surface area contributed by atoms with Gasteiger partial charge in [-0.15, -0.1) is 0 Å². The number of ketones is 2. The van der Waals surface area contributed by atoms with Crippen molar-refractivity contribution in [3.8, 4) is 0 Å². The van der Waals surface area contributed by atoms with Crippen molar-refractivity contribution in [3.05, 3.63) is 108 Å². The zero-order valence-corrected chi connectivity index (χ0v) is 16.5. The summed E-state index contributed by atoms with van der Waals surface area (Å²) in [4.78, 5) is 26.0. The summed E-state index contributed by atoms with van der Waals surface area (Å²) in [6.07, 6.45) is 1.23. The normalized spacial score (nSPS) is 13.9. The van der Waals surface area contributed by atoms with E-state index in [1.165, 1.54) is 18.2 Å². The molecule has 0 N–H and O–H groups in total. The van der Waals surface area contributed by atoms with Gasteiger partial charge in [0.25, 0.3) is 10.0 Å². The van der Waals surface area contributed by atoms with Gasteiger partial charge in [0, 0.05) is 16.5 Å². The molecule has 146 valence electrons. The number of carbonyl (C=O) groups is 2. The second-order valence-electron chi connectivity index (χ2n) is 6.97. The third-order valence-corrected chi connectivity index (χ3v) is 6.92. The lowest BCUT2D eigenvalue weighted by Crippen LogP contribution is -2.21. The number of benzene rings is 3.